The third kappa shape index (κ3) is 5.93. The number of carbonyl (C=O) groups excluding carboxylic acids is 3. The van der Waals surface area contributed by atoms with E-state index < -0.39 is 35.3 Å². The van der Waals surface area contributed by atoms with Crippen LogP contribution < -0.4 is 0 Å². The highest BCUT2D eigenvalue weighted by atomic mass is 16.5. The first-order valence-corrected chi connectivity index (χ1v) is 11.2. The van der Waals surface area contributed by atoms with Gasteiger partial charge in [-0.25, -0.2) is 4.79 Å². The second-order valence-electron chi connectivity index (χ2n) is 9.61. The fourth-order valence-electron chi connectivity index (χ4n) is 4.96. The van der Waals surface area contributed by atoms with Crippen LogP contribution in [0.1, 0.15) is 53.4 Å². The molecule has 5 atom stereocenters. The number of esters is 1. The minimum Gasteiger partial charge on any atom is -0.481 e. The van der Waals surface area contributed by atoms with E-state index in [2.05, 4.69) is 27.4 Å². The van der Waals surface area contributed by atoms with E-state index >= 15 is 0 Å². The normalized spacial score (nSPS) is 29.0. The van der Waals surface area contributed by atoms with Crippen molar-refractivity contribution in [2.24, 2.45) is 29.1 Å². The van der Waals surface area contributed by atoms with Gasteiger partial charge in [0.25, 0.3) is 0 Å². The Morgan fingerprint density at radius 2 is 1.97 bits per heavy atom. The first-order chi connectivity index (χ1) is 15.0. The summed E-state index contributed by atoms with van der Waals surface area (Å²) in [5.41, 5.74) is -0.259. The molecule has 32 heavy (non-hydrogen) atoms. The highest BCUT2D eigenvalue weighted by Gasteiger charge is 2.53. The third-order valence-corrected chi connectivity index (χ3v) is 6.54. The first kappa shape index (κ1) is 25.5. The second kappa shape index (κ2) is 10.7. The molecule has 1 N–H and O–H groups in total. The number of allylic oxidation sites excluding steroid dienone is 5. The molecule has 2 rings (SSSR count). The van der Waals surface area contributed by atoms with Crippen molar-refractivity contribution in [1.82, 2.24) is 0 Å². The Morgan fingerprint density at radius 3 is 2.56 bits per heavy atom. The summed E-state index contributed by atoms with van der Waals surface area (Å²) in [5, 5.41) is 9.77. The van der Waals surface area contributed by atoms with Gasteiger partial charge in [0.05, 0.1) is 11.8 Å². The van der Waals surface area contributed by atoms with Crippen molar-refractivity contribution in [2.75, 3.05) is 0 Å². The molecule has 0 bridgehead atoms. The van der Waals surface area contributed by atoms with Crippen molar-refractivity contribution in [3.05, 3.63) is 48.1 Å². The number of fused-ring (bicyclic) bond motifs is 1. The largest absolute Gasteiger partial charge is 0.481 e. The van der Waals surface area contributed by atoms with E-state index in [1.54, 1.807) is 13.0 Å². The predicted octanol–water partition coefficient (Wildman–Crippen LogP) is 4.46. The van der Waals surface area contributed by atoms with E-state index in [0.717, 1.165) is 6.42 Å². The maximum Gasteiger partial charge on any atom is 0.331 e. The fourth-order valence-corrected chi connectivity index (χ4v) is 4.96. The van der Waals surface area contributed by atoms with Crippen LogP contribution in [0.5, 0.6) is 0 Å². The Hall–Kier alpha value is -2.76. The number of aliphatic carboxylic acids is 1. The number of hydrogen-bond donors (Lipinski definition) is 1. The molecule has 0 aromatic carbocycles. The number of carboxylic acid groups (broad SMARTS) is 1. The Morgan fingerprint density at radius 1 is 1.28 bits per heavy atom. The number of aldehydes is 1. The highest BCUT2D eigenvalue weighted by Crippen LogP contribution is 2.53. The smallest absolute Gasteiger partial charge is 0.331 e. The Labute approximate surface area is 190 Å². The van der Waals surface area contributed by atoms with E-state index in [1.807, 2.05) is 12.2 Å². The van der Waals surface area contributed by atoms with Crippen LogP contribution in [0.4, 0.5) is 0 Å². The maximum atomic E-state index is 12.6. The van der Waals surface area contributed by atoms with Gasteiger partial charge in [0, 0.05) is 11.5 Å². The average Bonchev–Trinajstić information content (AvgIpc) is 2.70. The SMILES string of the molecule is C=C(C=O)C1CC2(C)C(=CC1=O)C(OC(=O)C=CC=CC(C)CC(C)C)CCC2C(=O)O. The minimum atomic E-state index is -0.964. The van der Waals surface area contributed by atoms with Gasteiger partial charge in [0.15, 0.2) is 5.78 Å². The van der Waals surface area contributed by atoms with Crippen LogP contribution in [0.3, 0.4) is 0 Å². The van der Waals surface area contributed by atoms with Crippen LogP contribution in [0.25, 0.3) is 0 Å². The van der Waals surface area contributed by atoms with Crippen LogP contribution in [0.15, 0.2) is 48.1 Å². The number of carboxylic acids is 1. The summed E-state index contributed by atoms with van der Waals surface area (Å²) in [6.45, 7) is 11.9. The molecule has 6 nitrogen and oxygen atoms in total. The molecule has 6 heteroatoms. The zero-order valence-electron chi connectivity index (χ0n) is 19.4. The number of ether oxygens (including phenoxy) is 1. The monoisotopic (exact) mass is 442 g/mol. The lowest BCUT2D eigenvalue weighted by atomic mass is 9.56. The van der Waals surface area contributed by atoms with E-state index in [9.17, 15) is 24.3 Å². The molecule has 0 aliphatic heterocycles. The number of ketones is 1. The molecular weight excluding hydrogens is 408 g/mol. The van der Waals surface area contributed by atoms with Gasteiger partial charge in [-0.15, -0.1) is 0 Å². The lowest BCUT2D eigenvalue weighted by molar-refractivity contribution is -0.152. The van der Waals surface area contributed by atoms with Crippen molar-refractivity contribution >= 4 is 24.0 Å². The molecule has 0 aromatic rings. The standard InChI is InChI=1S/C26H34O6/c1-16(2)12-17(3)8-6-7-9-24(29)32-23-11-10-20(25(30)31)26(5)14-19(18(4)15-27)22(28)13-21(23)26/h6-9,13,15-17,19-20,23H,4,10-12,14H2,1-3,5H3,(H,30,31). The van der Waals surface area contributed by atoms with Crippen LogP contribution in [-0.2, 0) is 23.9 Å². The molecule has 2 aliphatic carbocycles. The maximum absolute atomic E-state index is 12.6. The van der Waals surface area contributed by atoms with Crippen molar-refractivity contribution in [3.63, 3.8) is 0 Å². The van der Waals surface area contributed by atoms with Crippen LogP contribution in [0.2, 0.25) is 0 Å². The minimum absolute atomic E-state index is 0.135. The molecule has 1 fully saturated rings. The van der Waals surface area contributed by atoms with Crippen molar-refractivity contribution in [2.45, 2.75) is 59.5 Å². The van der Waals surface area contributed by atoms with Gasteiger partial charge in [-0.1, -0.05) is 52.5 Å². The number of rotatable bonds is 9. The molecule has 2 aliphatic rings. The molecule has 5 unspecified atom stereocenters. The van der Waals surface area contributed by atoms with Crippen molar-refractivity contribution < 1.29 is 29.0 Å². The summed E-state index contributed by atoms with van der Waals surface area (Å²) >= 11 is 0. The summed E-state index contributed by atoms with van der Waals surface area (Å²) in [6, 6.07) is 0. The predicted molar refractivity (Wildman–Crippen MR) is 122 cm³/mol. The van der Waals surface area contributed by atoms with E-state index in [-0.39, 0.29) is 17.8 Å². The molecule has 0 spiro atoms. The van der Waals surface area contributed by atoms with Gasteiger partial charge in [-0.2, -0.15) is 0 Å². The topological polar surface area (TPSA) is 97.7 Å². The fraction of sp³-hybridized carbons (Fsp3) is 0.538. The first-order valence-electron chi connectivity index (χ1n) is 11.2. The molecule has 0 aromatic heterocycles. The quantitative estimate of drug-likeness (QED) is 0.245. The molecule has 0 amide bonds. The Balaban J connectivity index is 2.19. The van der Waals surface area contributed by atoms with Crippen molar-refractivity contribution in [3.8, 4) is 0 Å². The van der Waals surface area contributed by atoms with Crippen LogP contribution >= 0.6 is 0 Å². The zero-order valence-corrected chi connectivity index (χ0v) is 19.4. The Kier molecular flexibility index (Phi) is 8.53. The van der Waals surface area contributed by atoms with Crippen molar-refractivity contribution in [1.29, 1.82) is 0 Å². The van der Waals surface area contributed by atoms with Crippen LogP contribution in [-0.4, -0.2) is 35.2 Å². The van der Waals surface area contributed by atoms with E-state index in [1.165, 1.54) is 12.2 Å². The molecule has 0 saturated heterocycles. The Bertz CT molecular complexity index is 862. The summed E-state index contributed by atoms with van der Waals surface area (Å²) in [6.07, 6.45) is 9.90. The molecule has 0 heterocycles. The lowest BCUT2D eigenvalue weighted by Crippen LogP contribution is -2.49. The van der Waals surface area contributed by atoms with Gasteiger partial charge >= 0.3 is 11.9 Å². The molecular formula is C26H34O6. The summed E-state index contributed by atoms with van der Waals surface area (Å²) in [5.74, 6) is -2.31. The van der Waals surface area contributed by atoms with Crippen LogP contribution in [0, 0.1) is 29.1 Å². The molecule has 0 radical (unpaired) electrons. The van der Waals surface area contributed by atoms with Gasteiger partial charge in [0.2, 0.25) is 0 Å². The number of hydrogen-bond acceptors (Lipinski definition) is 5. The molecule has 1 saturated carbocycles. The lowest BCUT2D eigenvalue weighted by Gasteiger charge is -2.48. The van der Waals surface area contributed by atoms with Gasteiger partial charge in [-0.3, -0.25) is 14.4 Å². The summed E-state index contributed by atoms with van der Waals surface area (Å²) in [7, 11) is 0. The van der Waals surface area contributed by atoms with Gasteiger partial charge in [-0.05, 0) is 54.7 Å². The number of carbonyl (C=O) groups is 4. The average molecular weight is 443 g/mol. The van der Waals surface area contributed by atoms with Gasteiger partial charge in [0.1, 0.15) is 12.4 Å². The second-order valence-corrected chi connectivity index (χ2v) is 9.61. The van der Waals surface area contributed by atoms with E-state index in [0.29, 0.717) is 36.5 Å². The van der Waals surface area contributed by atoms with Gasteiger partial charge < -0.3 is 9.84 Å². The zero-order chi connectivity index (χ0) is 24.1. The highest BCUT2D eigenvalue weighted by molar-refractivity contribution is 6.00. The molecule has 174 valence electrons. The summed E-state index contributed by atoms with van der Waals surface area (Å²) < 4.78 is 5.63. The van der Waals surface area contributed by atoms with E-state index in [4.69, 9.17) is 4.74 Å². The third-order valence-electron chi connectivity index (χ3n) is 6.54. The summed E-state index contributed by atoms with van der Waals surface area (Å²) in [4.78, 5) is 48.2.